The van der Waals surface area contributed by atoms with Gasteiger partial charge in [0.1, 0.15) is 5.75 Å². The lowest BCUT2D eigenvalue weighted by Crippen LogP contribution is -2.40. The molecule has 4 nitrogen and oxygen atoms in total. The summed E-state index contributed by atoms with van der Waals surface area (Å²) in [5, 5.41) is 0. The van der Waals surface area contributed by atoms with Crippen molar-refractivity contribution in [1.29, 1.82) is 0 Å². The standard InChI is InChI=1S/C23H39NO3S/c1-2-3-4-5-6-7-8-9-10-11-12-19-27-23-15-13-22(14-16-23)24-17-20-28(25,26)21-18-24/h13-16H,2-12,17-21H2,1H3. The number of unbranched alkanes of at least 4 members (excludes halogenated alkanes) is 10. The molecular weight excluding hydrogens is 370 g/mol. The molecule has 0 N–H and O–H groups in total. The molecule has 1 aliphatic rings. The quantitative estimate of drug-likeness (QED) is 0.375. The van der Waals surface area contributed by atoms with E-state index in [9.17, 15) is 8.42 Å². The number of hydrogen-bond donors (Lipinski definition) is 0. The van der Waals surface area contributed by atoms with Gasteiger partial charge in [0.25, 0.3) is 0 Å². The minimum Gasteiger partial charge on any atom is -0.494 e. The maximum Gasteiger partial charge on any atom is 0.153 e. The maximum absolute atomic E-state index is 11.5. The lowest BCUT2D eigenvalue weighted by atomic mass is 10.1. The van der Waals surface area contributed by atoms with E-state index in [1.807, 2.05) is 24.3 Å². The molecule has 0 aliphatic carbocycles. The van der Waals surface area contributed by atoms with E-state index in [-0.39, 0.29) is 11.5 Å². The van der Waals surface area contributed by atoms with Gasteiger partial charge in [0, 0.05) is 18.8 Å². The van der Waals surface area contributed by atoms with Crippen molar-refractivity contribution in [3.05, 3.63) is 24.3 Å². The first-order valence-corrected chi connectivity index (χ1v) is 13.1. The van der Waals surface area contributed by atoms with Gasteiger partial charge in [-0.1, -0.05) is 71.1 Å². The van der Waals surface area contributed by atoms with Gasteiger partial charge in [0.2, 0.25) is 0 Å². The van der Waals surface area contributed by atoms with E-state index in [1.54, 1.807) is 0 Å². The van der Waals surface area contributed by atoms with Crippen LogP contribution in [0, 0.1) is 0 Å². The predicted molar refractivity (Wildman–Crippen MR) is 119 cm³/mol. The van der Waals surface area contributed by atoms with E-state index < -0.39 is 9.84 Å². The van der Waals surface area contributed by atoms with Crippen LogP contribution in [-0.4, -0.2) is 39.6 Å². The average molecular weight is 410 g/mol. The average Bonchev–Trinajstić information content (AvgIpc) is 2.69. The summed E-state index contributed by atoms with van der Waals surface area (Å²) < 4.78 is 28.9. The first kappa shape index (κ1) is 23.1. The van der Waals surface area contributed by atoms with Crippen molar-refractivity contribution < 1.29 is 13.2 Å². The van der Waals surface area contributed by atoms with Crippen LogP contribution in [0.3, 0.4) is 0 Å². The van der Waals surface area contributed by atoms with Crippen LogP contribution >= 0.6 is 0 Å². The largest absolute Gasteiger partial charge is 0.494 e. The van der Waals surface area contributed by atoms with E-state index in [2.05, 4.69) is 11.8 Å². The molecule has 28 heavy (non-hydrogen) atoms. The summed E-state index contributed by atoms with van der Waals surface area (Å²) in [6, 6.07) is 8.07. The summed E-state index contributed by atoms with van der Waals surface area (Å²) in [6.07, 6.45) is 14.8. The number of hydrogen-bond acceptors (Lipinski definition) is 4. The molecule has 0 radical (unpaired) electrons. The second kappa shape index (κ2) is 13.1. The Bertz CT molecular complexity index is 614. The molecule has 0 unspecified atom stereocenters. The lowest BCUT2D eigenvalue weighted by molar-refractivity contribution is 0.304. The fraction of sp³-hybridized carbons (Fsp3) is 0.739. The van der Waals surface area contributed by atoms with Gasteiger partial charge in [0.05, 0.1) is 18.1 Å². The van der Waals surface area contributed by atoms with E-state index >= 15 is 0 Å². The molecule has 0 aromatic heterocycles. The van der Waals surface area contributed by atoms with Gasteiger partial charge in [-0.15, -0.1) is 0 Å². The number of nitrogens with zero attached hydrogens (tertiary/aromatic N) is 1. The van der Waals surface area contributed by atoms with Crippen molar-refractivity contribution in [2.45, 2.75) is 77.6 Å². The molecule has 1 fully saturated rings. The molecule has 1 aromatic carbocycles. The zero-order chi connectivity index (χ0) is 20.1. The highest BCUT2D eigenvalue weighted by atomic mass is 32.2. The van der Waals surface area contributed by atoms with Crippen LogP contribution in [0.1, 0.15) is 77.6 Å². The van der Waals surface area contributed by atoms with E-state index in [0.717, 1.165) is 24.5 Å². The van der Waals surface area contributed by atoms with E-state index in [1.165, 1.54) is 64.2 Å². The highest BCUT2D eigenvalue weighted by Gasteiger charge is 2.21. The summed E-state index contributed by atoms with van der Waals surface area (Å²) in [6.45, 7) is 4.21. The highest BCUT2D eigenvalue weighted by molar-refractivity contribution is 7.91. The number of rotatable bonds is 14. The van der Waals surface area contributed by atoms with Gasteiger partial charge in [-0.2, -0.15) is 0 Å². The van der Waals surface area contributed by atoms with Crippen molar-refractivity contribution in [2.75, 3.05) is 36.1 Å². The molecule has 1 heterocycles. The third kappa shape index (κ3) is 9.31. The van der Waals surface area contributed by atoms with Gasteiger partial charge in [-0.25, -0.2) is 8.42 Å². The van der Waals surface area contributed by atoms with Crippen LogP contribution in [0.2, 0.25) is 0 Å². The zero-order valence-corrected chi connectivity index (χ0v) is 18.5. The van der Waals surface area contributed by atoms with Gasteiger partial charge in [-0.3, -0.25) is 0 Å². The number of benzene rings is 1. The first-order valence-electron chi connectivity index (χ1n) is 11.3. The number of ether oxygens (including phenoxy) is 1. The molecule has 5 heteroatoms. The summed E-state index contributed by atoms with van der Waals surface area (Å²) >= 11 is 0. The zero-order valence-electron chi connectivity index (χ0n) is 17.7. The van der Waals surface area contributed by atoms with Crippen LogP contribution in [0.4, 0.5) is 5.69 Å². The molecule has 0 atom stereocenters. The normalized spacial score (nSPS) is 16.2. The van der Waals surface area contributed by atoms with Crippen LogP contribution in [0.5, 0.6) is 5.75 Å². The van der Waals surface area contributed by atoms with Gasteiger partial charge < -0.3 is 9.64 Å². The smallest absolute Gasteiger partial charge is 0.153 e. The summed E-state index contributed by atoms with van der Waals surface area (Å²) in [5.74, 6) is 1.41. The summed E-state index contributed by atoms with van der Waals surface area (Å²) in [5.41, 5.74) is 1.08. The fourth-order valence-electron chi connectivity index (χ4n) is 3.68. The summed E-state index contributed by atoms with van der Waals surface area (Å²) in [7, 11) is -2.83. The fourth-order valence-corrected chi connectivity index (χ4v) is 4.88. The van der Waals surface area contributed by atoms with Crippen molar-refractivity contribution in [1.82, 2.24) is 0 Å². The molecule has 1 aromatic rings. The van der Waals surface area contributed by atoms with Crippen molar-refractivity contribution >= 4 is 15.5 Å². The van der Waals surface area contributed by atoms with E-state index in [0.29, 0.717) is 13.1 Å². The second-order valence-electron chi connectivity index (χ2n) is 8.02. The molecule has 160 valence electrons. The number of sulfone groups is 1. The van der Waals surface area contributed by atoms with Crippen molar-refractivity contribution in [3.8, 4) is 5.75 Å². The molecule has 1 aliphatic heterocycles. The number of anilines is 1. The SMILES string of the molecule is CCCCCCCCCCCCCOc1ccc(N2CCS(=O)(=O)CC2)cc1. The second-order valence-corrected chi connectivity index (χ2v) is 10.3. The molecule has 0 bridgehead atoms. The molecule has 1 saturated heterocycles. The van der Waals surface area contributed by atoms with Crippen LogP contribution < -0.4 is 9.64 Å². The van der Waals surface area contributed by atoms with Gasteiger partial charge >= 0.3 is 0 Å². The highest BCUT2D eigenvalue weighted by Crippen LogP contribution is 2.21. The Morgan fingerprint density at radius 2 is 1.29 bits per heavy atom. The Morgan fingerprint density at radius 1 is 0.786 bits per heavy atom. The minimum absolute atomic E-state index is 0.254. The molecule has 2 rings (SSSR count). The summed E-state index contributed by atoms with van der Waals surface area (Å²) in [4.78, 5) is 2.13. The molecular formula is C23H39NO3S. The van der Waals surface area contributed by atoms with Gasteiger partial charge in [0.15, 0.2) is 9.84 Å². The van der Waals surface area contributed by atoms with Crippen LogP contribution in [0.25, 0.3) is 0 Å². The van der Waals surface area contributed by atoms with Crippen molar-refractivity contribution in [3.63, 3.8) is 0 Å². The topological polar surface area (TPSA) is 46.6 Å². The van der Waals surface area contributed by atoms with Crippen molar-refractivity contribution in [2.24, 2.45) is 0 Å². The lowest BCUT2D eigenvalue weighted by Gasteiger charge is -2.28. The van der Waals surface area contributed by atoms with Gasteiger partial charge in [-0.05, 0) is 30.7 Å². The Hall–Kier alpha value is -1.23. The Labute approximate surface area is 172 Å². The third-order valence-electron chi connectivity index (χ3n) is 5.56. The Kier molecular flexibility index (Phi) is 10.8. The van der Waals surface area contributed by atoms with Crippen LogP contribution in [0.15, 0.2) is 24.3 Å². The minimum atomic E-state index is -2.83. The maximum atomic E-state index is 11.5. The molecule has 0 amide bonds. The van der Waals surface area contributed by atoms with Crippen LogP contribution in [-0.2, 0) is 9.84 Å². The van der Waals surface area contributed by atoms with E-state index in [4.69, 9.17) is 4.74 Å². The Balaban J connectivity index is 1.49. The monoisotopic (exact) mass is 409 g/mol. The first-order chi connectivity index (χ1) is 13.6. The molecule has 0 spiro atoms. The third-order valence-corrected chi connectivity index (χ3v) is 7.17. The Morgan fingerprint density at radius 3 is 1.82 bits per heavy atom. The predicted octanol–water partition coefficient (Wildman–Crippen LogP) is 5.61. The molecule has 0 saturated carbocycles.